The van der Waals surface area contributed by atoms with Gasteiger partial charge in [-0.2, -0.15) is 0 Å². The Balaban J connectivity index is 1.36. The molecular formula is C21H26N8. The molecule has 0 aromatic heterocycles. The van der Waals surface area contributed by atoms with Crippen LogP contribution in [0.25, 0.3) is 0 Å². The predicted octanol–water partition coefficient (Wildman–Crippen LogP) is 2.23. The minimum atomic E-state index is -0.133. The van der Waals surface area contributed by atoms with Gasteiger partial charge in [-0.15, -0.1) is 5.10 Å². The summed E-state index contributed by atoms with van der Waals surface area (Å²) in [5, 5.41) is 12.5. The number of hydrogen-bond acceptors (Lipinski definition) is 8. The Kier molecular flexibility index (Phi) is 4.55. The standard InChI is InChI=1S/C21H26N8/c1-15-14-22-16(2)20-23-18(25-28(15)20)10-11-19-24-21(27-12-6-7-13-27)26-29(19)17-8-4-3-5-9-17/h3-5,8-11,14,18-19,25H,6-7,12-13H2,1-2H3,(H,24,26)/b11-10+. The van der Waals surface area contributed by atoms with E-state index in [9.17, 15) is 0 Å². The van der Waals surface area contributed by atoms with Gasteiger partial charge in [-0.3, -0.25) is 10.0 Å². The third-order valence-electron chi connectivity index (χ3n) is 5.50. The van der Waals surface area contributed by atoms with E-state index in [4.69, 9.17) is 10.1 Å². The summed E-state index contributed by atoms with van der Waals surface area (Å²) in [6.45, 7) is 6.12. The highest BCUT2D eigenvalue weighted by atomic mass is 15.6. The number of anilines is 1. The molecule has 0 aliphatic carbocycles. The Morgan fingerprint density at radius 2 is 1.86 bits per heavy atom. The van der Waals surface area contributed by atoms with Crippen LogP contribution in [-0.4, -0.2) is 52.8 Å². The van der Waals surface area contributed by atoms with Gasteiger partial charge in [0.15, 0.2) is 5.84 Å². The van der Waals surface area contributed by atoms with Crippen molar-refractivity contribution in [1.29, 1.82) is 0 Å². The topological polar surface area (TPSA) is 70.9 Å². The number of allylic oxidation sites excluding steroid dienone is 1. The largest absolute Gasteiger partial charge is 0.341 e. The molecule has 5 rings (SSSR count). The Hall–Kier alpha value is -3.13. The molecule has 2 N–H and O–H groups in total. The van der Waals surface area contributed by atoms with Gasteiger partial charge >= 0.3 is 0 Å². The molecule has 29 heavy (non-hydrogen) atoms. The maximum absolute atomic E-state index is 4.88. The fourth-order valence-corrected chi connectivity index (χ4v) is 3.94. The average molecular weight is 390 g/mol. The molecule has 0 saturated carbocycles. The molecule has 0 amide bonds. The molecule has 1 aromatic carbocycles. The Bertz CT molecular complexity index is 923. The Labute approximate surface area is 171 Å². The molecule has 0 bridgehead atoms. The molecule has 1 aromatic rings. The quantitative estimate of drug-likeness (QED) is 0.775. The average Bonchev–Trinajstić information content (AvgIpc) is 3.49. The van der Waals surface area contributed by atoms with Crippen LogP contribution in [0.4, 0.5) is 5.69 Å². The van der Waals surface area contributed by atoms with E-state index >= 15 is 0 Å². The monoisotopic (exact) mass is 390 g/mol. The zero-order valence-corrected chi connectivity index (χ0v) is 16.8. The summed E-state index contributed by atoms with van der Waals surface area (Å²) in [6, 6.07) is 10.3. The van der Waals surface area contributed by atoms with Crippen LogP contribution in [0.1, 0.15) is 26.7 Å². The van der Waals surface area contributed by atoms with Crippen LogP contribution in [-0.2, 0) is 0 Å². The van der Waals surface area contributed by atoms with Crippen LogP contribution in [0.15, 0.2) is 69.5 Å². The van der Waals surface area contributed by atoms with Crippen molar-refractivity contribution in [3.63, 3.8) is 0 Å². The van der Waals surface area contributed by atoms with Crippen LogP contribution in [0.2, 0.25) is 0 Å². The van der Waals surface area contributed by atoms with Crippen molar-refractivity contribution in [1.82, 2.24) is 20.7 Å². The zero-order chi connectivity index (χ0) is 19.8. The molecule has 4 aliphatic rings. The van der Waals surface area contributed by atoms with E-state index < -0.39 is 0 Å². The van der Waals surface area contributed by atoms with Crippen molar-refractivity contribution < 1.29 is 0 Å². The van der Waals surface area contributed by atoms with Gasteiger partial charge in [0.05, 0.1) is 17.1 Å². The smallest absolute Gasteiger partial charge is 0.218 e. The number of rotatable bonds is 3. The normalized spacial score (nSPS) is 26.3. The number of fused-ring (bicyclic) bond motifs is 1. The number of para-hydroxylation sites is 1. The summed E-state index contributed by atoms with van der Waals surface area (Å²) in [4.78, 5) is 11.5. The maximum atomic E-state index is 4.88. The Morgan fingerprint density at radius 1 is 1.07 bits per heavy atom. The first-order valence-corrected chi connectivity index (χ1v) is 10.2. The summed E-state index contributed by atoms with van der Waals surface area (Å²) in [6.07, 6.45) is 8.33. The summed E-state index contributed by atoms with van der Waals surface area (Å²) in [7, 11) is 0. The summed E-state index contributed by atoms with van der Waals surface area (Å²) < 4.78 is 0. The highest BCUT2D eigenvalue weighted by Crippen LogP contribution is 2.23. The van der Waals surface area contributed by atoms with E-state index in [1.54, 1.807) is 0 Å². The van der Waals surface area contributed by atoms with E-state index in [0.717, 1.165) is 42.0 Å². The van der Waals surface area contributed by atoms with E-state index in [-0.39, 0.29) is 12.3 Å². The zero-order valence-electron chi connectivity index (χ0n) is 16.8. The lowest BCUT2D eigenvalue weighted by atomic mass is 10.3. The van der Waals surface area contributed by atoms with Crippen LogP contribution >= 0.6 is 0 Å². The highest BCUT2D eigenvalue weighted by Gasteiger charge is 2.31. The lowest BCUT2D eigenvalue weighted by molar-refractivity contribution is 0.385. The third kappa shape index (κ3) is 3.40. The van der Waals surface area contributed by atoms with Crippen molar-refractivity contribution in [2.75, 3.05) is 18.1 Å². The molecule has 0 spiro atoms. The first-order valence-electron chi connectivity index (χ1n) is 10.2. The predicted molar refractivity (Wildman–Crippen MR) is 116 cm³/mol. The molecule has 2 unspecified atom stereocenters. The maximum Gasteiger partial charge on any atom is 0.218 e. The first kappa shape index (κ1) is 17.9. The highest BCUT2D eigenvalue weighted by molar-refractivity contribution is 6.41. The minimum Gasteiger partial charge on any atom is -0.341 e. The van der Waals surface area contributed by atoms with Crippen molar-refractivity contribution in [3.05, 3.63) is 54.4 Å². The number of hydrazone groups is 1. The summed E-state index contributed by atoms with van der Waals surface area (Å²) in [5.41, 5.74) is 6.44. The van der Waals surface area contributed by atoms with Gasteiger partial charge in [-0.25, -0.2) is 15.4 Å². The molecule has 8 nitrogen and oxygen atoms in total. The SMILES string of the molecule is CC1=CN=C(C)C2=NC(/C=C/C3NC(N4CCCC4)=NN3c3ccccc3)NN12. The lowest BCUT2D eigenvalue weighted by Crippen LogP contribution is -2.43. The van der Waals surface area contributed by atoms with Crippen molar-refractivity contribution in [2.45, 2.75) is 39.0 Å². The number of benzene rings is 1. The number of nitrogens with one attached hydrogen (secondary N) is 2. The number of guanidine groups is 1. The molecule has 1 saturated heterocycles. The van der Waals surface area contributed by atoms with Gasteiger partial charge in [0.2, 0.25) is 5.96 Å². The number of hydrogen-bond donors (Lipinski definition) is 2. The van der Waals surface area contributed by atoms with Crippen LogP contribution < -0.4 is 15.8 Å². The molecule has 0 radical (unpaired) electrons. The van der Waals surface area contributed by atoms with E-state index in [1.165, 1.54) is 12.8 Å². The summed E-state index contributed by atoms with van der Waals surface area (Å²) in [5.74, 6) is 1.83. The molecule has 4 heterocycles. The molecule has 2 atom stereocenters. The minimum absolute atomic E-state index is 0.0565. The number of hydrazine groups is 1. The molecule has 4 aliphatic heterocycles. The fraction of sp³-hybridized carbons (Fsp3) is 0.381. The second-order valence-electron chi connectivity index (χ2n) is 7.62. The molecule has 8 heteroatoms. The molecule has 150 valence electrons. The second kappa shape index (κ2) is 7.36. The molecular weight excluding hydrogens is 364 g/mol. The van der Waals surface area contributed by atoms with Crippen molar-refractivity contribution in [3.8, 4) is 0 Å². The fourth-order valence-electron chi connectivity index (χ4n) is 3.94. The van der Waals surface area contributed by atoms with Gasteiger partial charge < -0.3 is 10.2 Å². The van der Waals surface area contributed by atoms with Crippen molar-refractivity contribution in [2.24, 2.45) is 15.1 Å². The Morgan fingerprint density at radius 3 is 2.62 bits per heavy atom. The first-order chi connectivity index (χ1) is 14.2. The number of amidine groups is 1. The van der Waals surface area contributed by atoms with Gasteiger partial charge in [0.1, 0.15) is 12.3 Å². The van der Waals surface area contributed by atoms with Crippen molar-refractivity contribution >= 4 is 23.2 Å². The summed E-state index contributed by atoms with van der Waals surface area (Å²) >= 11 is 0. The van der Waals surface area contributed by atoms with Gasteiger partial charge in [-0.05, 0) is 51.0 Å². The number of nitrogens with zero attached hydrogens (tertiary/aromatic N) is 6. The lowest BCUT2D eigenvalue weighted by Gasteiger charge is -2.24. The van der Waals surface area contributed by atoms with Crippen LogP contribution in [0, 0.1) is 0 Å². The number of aliphatic imine (C=N–C) groups is 2. The van der Waals surface area contributed by atoms with Gasteiger partial charge in [0.25, 0.3) is 0 Å². The van der Waals surface area contributed by atoms with Crippen LogP contribution in [0.3, 0.4) is 0 Å². The van der Waals surface area contributed by atoms with Crippen LogP contribution in [0.5, 0.6) is 0 Å². The second-order valence-corrected chi connectivity index (χ2v) is 7.62. The van der Waals surface area contributed by atoms with E-state index in [0.29, 0.717) is 0 Å². The van der Waals surface area contributed by atoms with Gasteiger partial charge in [-0.1, -0.05) is 18.2 Å². The third-order valence-corrected chi connectivity index (χ3v) is 5.50. The molecule has 1 fully saturated rings. The number of likely N-dealkylation sites (tertiary alicyclic amines) is 1. The van der Waals surface area contributed by atoms with E-state index in [1.807, 2.05) is 48.3 Å². The van der Waals surface area contributed by atoms with Gasteiger partial charge in [0, 0.05) is 19.3 Å². The van der Waals surface area contributed by atoms with E-state index in [2.05, 4.69) is 44.9 Å².